The van der Waals surface area contributed by atoms with Crippen LogP contribution in [0.3, 0.4) is 0 Å². The van der Waals surface area contributed by atoms with Gasteiger partial charge in [-0.1, -0.05) is 12.1 Å². The number of hydrogen-bond acceptors (Lipinski definition) is 1. The standard InChI is InChI=1S/C20H20F2N2/c21-14-5-3-13(4-6-14)9-11-20(23)10-1-2-16-17-12-15(22)7-8-18(17)24-19(16)20/h3-8,12,24H,1-2,9-11,23H2. The van der Waals surface area contributed by atoms with Crippen molar-refractivity contribution in [2.24, 2.45) is 5.73 Å². The number of benzene rings is 2. The molecule has 1 aromatic heterocycles. The molecule has 0 radical (unpaired) electrons. The van der Waals surface area contributed by atoms with E-state index in [2.05, 4.69) is 4.98 Å². The van der Waals surface area contributed by atoms with E-state index in [0.717, 1.165) is 59.8 Å². The van der Waals surface area contributed by atoms with Gasteiger partial charge in [0.2, 0.25) is 0 Å². The number of halogens is 2. The largest absolute Gasteiger partial charge is 0.357 e. The number of nitrogens with two attached hydrogens (primary N) is 1. The van der Waals surface area contributed by atoms with Crippen LogP contribution >= 0.6 is 0 Å². The van der Waals surface area contributed by atoms with Crippen LogP contribution in [-0.2, 0) is 18.4 Å². The van der Waals surface area contributed by atoms with Crippen molar-refractivity contribution in [2.45, 2.75) is 37.6 Å². The highest BCUT2D eigenvalue weighted by Gasteiger charge is 2.35. The molecule has 1 heterocycles. The Morgan fingerprint density at radius 1 is 1.04 bits per heavy atom. The zero-order valence-electron chi connectivity index (χ0n) is 13.4. The lowest BCUT2D eigenvalue weighted by atomic mass is 9.77. The van der Waals surface area contributed by atoms with E-state index in [9.17, 15) is 8.78 Å². The summed E-state index contributed by atoms with van der Waals surface area (Å²) in [5.74, 6) is -0.442. The molecular weight excluding hydrogens is 306 g/mol. The number of fused-ring (bicyclic) bond motifs is 3. The average molecular weight is 326 g/mol. The first-order chi connectivity index (χ1) is 11.5. The van der Waals surface area contributed by atoms with E-state index in [1.165, 1.54) is 18.2 Å². The smallest absolute Gasteiger partial charge is 0.123 e. The average Bonchev–Trinajstić information content (AvgIpc) is 2.94. The molecule has 2 nitrogen and oxygen atoms in total. The second-order valence-corrected chi connectivity index (χ2v) is 6.80. The minimum absolute atomic E-state index is 0.219. The summed E-state index contributed by atoms with van der Waals surface area (Å²) in [6, 6.07) is 11.4. The molecule has 1 unspecified atom stereocenters. The maximum absolute atomic E-state index is 13.6. The predicted octanol–water partition coefficient (Wildman–Crippen LogP) is 4.57. The molecule has 3 N–H and O–H groups in total. The SMILES string of the molecule is NC1(CCc2ccc(F)cc2)CCCc2c1[nH]c1ccc(F)cc21. The van der Waals surface area contributed by atoms with Crippen molar-refractivity contribution in [1.29, 1.82) is 0 Å². The number of hydrogen-bond donors (Lipinski definition) is 2. The van der Waals surface area contributed by atoms with E-state index in [-0.39, 0.29) is 11.6 Å². The van der Waals surface area contributed by atoms with Gasteiger partial charge in [0.1, 0.15) is 11.6 Å². The minimum Gasteiger partial charge on any atom is -0.357 e. The molecule has 3 aromatic rings. The van der Waals surface area contributed by atoms with Gasteiger partial charge in [-0.3, -0.25) is 0 Å². The molecule has 1 aliphatic carbocycles. The summed E-state index contributed by atoms with van der Waals surface area (Å²) in [5, 5.41) is 0.946. The van der Waals surface area contributed by atoms with E-state index in [4.69, 9.17) is 5.73 Å². The van der Waals surface area contributed by atoms with Gasteiger partial charge in [0.25, 0.3) is 0 Å². The molecule has 0 saturated heterocycles. The highest BCUT2D eigenvalue weighted by molar-refractivity contribution is 5.85. The van der Waals surface area contributed by atoms with Crippen LogP contribution in [0.1, 0.15) is 36.1 Å². The van der Waals surface area contributed by atoms with Crippen molar-refractivity contribution in [3.63, 3.8) is 0 Å². The van der Waals surface area contributed by atoms with Gasteiger partial charge < -0.3 is 10.7 Å². The molecule has 4 heteroatoms. The van der Waals surface area contributed by atoms with Crippen molar-refractivity contribution in [1.82, 2.24) is 4.98 Å². The molecule has 1 atom stereocenters. The van der Waals surface area contributed by atoms with Gasteiger partial charge in [-0.25, -0.2) is 8.78 Å². The first-order valence-corrected chi connectivity index (χ1v) is 8.39. The molecule has 1 aliphatic rings. The van der Waals surface area contributed by atoms with E-state index < -0.39 is 5.54 Å². The first-order valence-electron chi connectivity index (χ1n) is 8.39. The Kier molecular flexibility index (Phi) is 3.65. The lowest BCUT2D eigenvalue weighted by Crippen LogP contribution is -2.40. The van der Waals surface area contributed by atoms with E-state index in [1.807, 2.05) is 12.1 Å². The summed E-state index contributed by atoms with van der Waals surface area (Å²) in [6.07, 6.45) is 4.39. The lowest BCUT2D eigenvalue weighted by Gasteiger charge is -2.34. The molecule has 0 amide bonds. The van der Waals surface area contributed by atoms with Crippen LogP contribution in [0.5, 0.6) is 0 Å². The van der Waals surface area contributed by atoms with Crippen molar-refractivity contribution in [3.05, 3.63) is 70.9 Å². The molecule has 24 heavy (non-hydrogen) atoms. The Morgan fingerprint density at radius 3 is 2.58 bits per heavy atom. The summed E-state index contributed by atoms with van der Waals surface area (Å²) >= 11 is 0. The maximum atomic E-state index is 13.6. The Labute approximate surface area is 139 Å². The lowest BCUT2D eigenvalue weighted by molar-refractivity contribution is 0.339. The number of aromatic amines is 1. The second-order valence-electron chi connectivity index (χ2n) is 6.80. The summed E-state index contributed by atoms with van der Waals surface area (Å²) < 4.78 is 26.6. The molecule has 0 fully saturated rings. The fourth-order valence-corrected chi connectivity index (χ4v) is 3.88. The minimum atomic E-state index is -0.447. The van der Waals surface area contributed by atoms with Gasteiger partial charge in [0, 0.05) is 16.6 Å². The van der Waals surface area contributed by atoms with Gasteiger partial charge in [0.15, 0.2) is 0 Å². The van der Waals surface area contributed by atoms with E-state index in [0.29, 0.717) is 0 Å². The van der Waals surface area contributed by atoms with Gasteiger partial charge in [0.05, 0.1) is 5.54 Å². The third-order valence-corrected chi connectivity index (χ3v) is 5.19. The fraction of sp³-hybridized carbons (Fsp3) is 0.300. The number of H-pyrrole nitrogens is 1. The molecule has 124 valence electrons. The monoisotopic (exact) mass is 326 g/mol. The Bertz CT molecular complexity index is 883. The van der Waals surface area contributed by atoms with Crippen molar-refractivity contribution in [3.8, 4) is 0 Å². The zero-order chi connectivity index (χ0) is 16.7. The van der Waals surface area contributed by atoms with E-state index >= 15 is 0 Å². The normalized spacial score (nSPS) is 20.3. The third-order valence-electron chi connectivity index (χ3n) is 5.19. The van der Waals surface area contributed by atoms with Crippen molar-refractivity contribution in [2.75, 3.05) is 0 Å². The van der Waals surface area contributed by atoms with Gasteiger partial charge in [-0.05, 0) is 73.6 Å². The molecule has 2 aromatic carbocycles. The summed E-state index contributed by atoms with van der Waals surface area (Å²) in [4.78, 5) is 3.43. The summed E-state index contributed by atoms with van der Waals surface area (Å²) in [5.41, 5.74) is 10.5. The number of rotatable bonds is 3. The quantitative estimate of drug-likeness (QED) is 0.727. The Balaban J connectivity index is 1.67. The summed E-state index contributed by atoms with van der Waals surface area (Å²) in [6.45, 7) is 0. The Morgan fingerprint density at radius 2 is 1.79 bits per heavy atom. The van der Waals surface area contributed by atoms with E-state index in [1.54, 1.807) is 12.1 Å². The number of aryl methyl sites for hydroxylation is 2. The third kappa shape index (κ3) is 2.61. The van der Waals surface area contributed by atoms with Crippen LogP contribution in [0.4, 0.5) is 8.78 Å². The zero-order valence-corrected chi connectivity index (χ0v) is 13.4. The van der Waals surface area contributed by atoms with Crippen LogP contribution in [0.2, 0.25) is 0 Å². The molecule has 0 bridgehead atoms. The number of aromatic nitrogens is 1. The van der Waals surface area contributed by atoms with Gasteiger partial charge in [-0.2, -0.15) is 0 Å². The molecule has 0 spiro atoms. The van der Waals surface area contributed by atoms with Crippen LogP contribution in [0, 0.1) is 11.6 Å². The van der Waals surface area contributed by atoms with Crippen LogP contribution in [0.15, 0.2) is 42.5 Å². The van der Waals surface area contributed by atoms with Crippen molar-refractivity contribution >= 4 is 10.9 Å². The summed E-state index contributed by atoms with van der Waals surface area (Å²) in [7, 11) is 0. The molecule has 4 rings (SSSR count). The highest BCUT2D eigenvalue weighted by Crippen LogP contribution is 2.40. The Hall–Kier alpha value is -2.20. The first kappa shape index (κ1) is 15.3. The van der Waals surface area contributed by atoms with Crippen LogP contribution in [-0.4, -0.2) is 4.98 Å². The van der Waals surface area contributed by atoms with Crippen molar-refractivity contribution < 1.29 is 8.78 Å². The van der Waals surface area contributed by atoms with Gasteiger partial charge in [-0.15, -0.1) is 0 Å². The topological polar surface area (TPSA) is 41.8 Å². The highest BCUT2D eigenvalue weighted by atomic mass is 19.1. The molecular formula is C20H20F2N2. The van der Waals surface area contributed by atoms with Gasteiger partial charge >= 0.3 is 0 Å². The fourth-order valence-electron chi connectivity index (χ4n) is 3.88. The van der Waals surface area contributed by atoms with Crippen LogP contribution < -0.4 is 5.73 Å². The number of nitrogens with one attached hydrogen (secondary N) is 1. The maximum Gasteiger partial charge on any atom is 0.123 e. The van der Waals surface area contributed by atoms with Crippen LogP contribution in [0.25, 0.3) is 10.9 Å². The predicted molar refractivity (Wildman–Crippen MR) is 91.8 cm³/mol. The molecule has 0 saturated carbocycles. The molecule has 0 aliphatic heterocycles. The second kappa shape index (κ2) is 5.71.